The van der Waals surface area contributed by atoms with Crippen LogP contribution in [0.4, 0.5) is 8.78 Å². The molecule has 0 aliphatic heterocycles. The molecule has 0 saturated carbocycles. The molecule has 1 aromatic rings. The molecule has 0 spiro atoms. The third-order valence-electron chi connectivity index (χ3n) is 2.38. The van der Waals surface area contributed by atoms with Gasteiger partial charge in [0.1, 0.15) is 5.82 Å². The van der Waals surface area contributed by atoms with Gasteiger partial charge in [-0.15, -0.1) is 0 Å². The summed E-state index contributed by atoms with van der Waals surface area (Å²) in [5, 5.41) is 0. The molecule has 0 fully saturated rings. The van der Waals surface area contributed by atoms with Crippen molar-refractivity contribution >= 4 is 0 Å². The summed E-state index contributed by atoms with van der Waals surface area (Å²) in [6.07, 6.45) is 1.17. The van der Waals surface area contributed by atoms with Gasteiger partial charge in [0, 0.05) is 17.7 Å². The standard InChI is InChI=1S/C12H17F2NO/c1-3-10(15)6-8-5-9(13)7-11(14)12(8)16-4-2/h5,7,10H,3-4,6,15H2,1-2H3. The average molecular weight is 229 g/mol. The fourth-order valence-electron chi connectivity index (χ4n) is 1.50. The monoisotopic (exact) mass is 229 g/mol. The van der Waals surface area contributed by atoms with Crippen LogP contribution in [0.3, 0.4) is 0 Å². The van der Waals surface area contributed by atoms with Crippen LogP contribution in [-0.4, -0.2) is 12.6 Å². The Kier molecular flexibility index (Phi) is 4.68. The highest BCUT2D eigenvalue weighted by Crippen LogP contribution is 2.25. The van der Waals surface area contributed by atoms with E-state index in [4.69, 9.17) is 10.5 Å². The predicted molar refractivity (Wildman–Crippen MR) is 59.5 cm³/mol. The molecule has 1 atom stereocenters. The van der Waals surface area contributed by atoms with Crippen LogP contribution in [0.2, 0.25) is 0 Å². The minimum atomic E-state index is -0.667. The van der Waals surface area contributed by atoms with Crippen LogP contribution in [0.5, 0.6) is 5.75 Å². The first kappa shape index (κ1) is 12.9. The highest BCUT2D eigenvalue weighted by atomic mass is 19.1. The van der Waals surface area contributed by atoms with Crippen molar-refractivity contribution in [2.75, 3.05) is 6.61 Å². The van der Waals surface area contributed by atoms with E-state index in [1.807, 2.05) is 6.92 Å². The van der Waals surface area contributed by atoms with Gasteiger partial charge in [0.05, 0.1) is 6.61 Å². The lowest BCUT2D eigenvalue weighted by Crippen LogP contribution is -2.22. The minimum Gasteiger partial charge on any atom is -0.491 e. The SMILES string of the molecule is CCOc1c(F)cc(F)cc1CC(N)CC. The van der Waals surface area contributed by atoms with Gasteiger partial charge in [-0.3, -0.25) is 0 Å². The summed E-state index contributed by atoms with van der Waals surface area (Å²) in [4.78, 5) is 0. The van der Waals surface area contributed by atoms with Crippen LogP contribution in [0, 0.1) is 11.6 Å². The molecule has 2 nitrogen and oxygen atoms in total. The summed E-state index contributed by atoms with van der Waals surface area (Å²) in [5.74, 6) is -1.15. The molecule has 0 aliphatic rings. The molecule has 0 saturated heterocycles. The van der Waals surface area contributed by atoms with E-state index in [1.165, 1.54) is 6.07 Å². The maximum atomic E-state index is 13.4. The second-order valence-electron chi connectivity index (χ2n) is 3.68. The van der Waals surface area contributed by atoms with Crippen molar-refractivity contribution in [3.63, 3.8) is 0 Å². The molecule has 16 heavy (non-hydrogen) atoms. The summed E-state index contributed by atoms with van der Waals surface area (Å²) in [5.41, 5.74) is 6.26. The number of hydrogen-bond acceptors (Lipinski definition) is 2. The lowest BCUT2D eigenvalue weighted by atomic mass is 10.0. The number of ether oxygens (including phenoxy) is 1. The molecule has 0 heterocycles. The zero-order valence-electron chi connectivity index (χ0n) is 9.59. The highest BCUT2D eigenvalue weighted by molar-refractivity contribution is 5.36. The van der Waals surface area contributed by atoms with E-state index in [2.05, 4.69) is 0 Å². The lowest BCUT2D eigenvalue weighted by molar-refractivity contribution is 0.315. The van der Waals surface area contributed by atoms with Gasteiger partial charge in [0.2, 0.25) is 0 Å². The molecule has 1 rings (SSSR count). The second kappa shape index (κ2) is 5.80. The molecule has 4 heteroatoms. The molecule has 1 aromatic carbocycles. The molecule has 1 unspecified atom stereocenters. The first-order valence-electron chi connectivity index (χ1n) is 5.44. The van der Waals surface area contributed by atoms with Crippen molar-refractivity contribution in [1.29, 1.82) is 0 Å². The third-order valence-corrected chi connectivity index (χ3v) is 2.38. The lowest BCUT2D eigenvalue weighted by Gasteiger charge is -2.14. The van der Waals surface area contributed by atoms with Crippen molar-refractivity contribution in [2.24, 2.45) is 5.73 Å². The van der Waals surface area contributed by atoms with E-state index in [-0.39, 0.29) is 11.8 Å². The Balaban J connectivity index is 3.03. The zero-order chi connectivity index (χ0) is 12.1. The van der Waals surface area contributed by atoms with Gasteiger partial charge in [0.25, 0.3) is 0 Å². The second-order valence-corrected chi connectivity index (χ2v) is 3.68. The zero-order valence-corrected chi connectivity index (χ0v) is 9.59. The molecule has 0 aromatic heterocycles. The molecular formula is C12H17F2NO. The minimum absolute atomic E-state index is 0.111. The maximum Gasteiger partial charge on any atom is 0.168 e. The van der Waals surface area contributed by atoms with Crippen molar-refractivity contribution < 1.29 is 13.5 Å². The normalized spacial score (nSPS) is 12.6. The number of nitrogens with two attached hydrogens (primary N) is 1. The molecule has 0 bridgehead atoms. The van der Waals surface area contributed by atoms with Crippen LogP contribution < -0.4 is 10.5 Å². The maximum absolute atomic E-state index is 13.4. The first-order valence-corrected chi connectivity index (χ1v) is 5.44. The van der Waals surface area contributed by atoms with Crippen LogP contribution in [0.1, 0.15) is 25.8 Å². The smallest absolute Gasteiger partial charge is 0.168 e. The molecule has 0 radical (unpaired) electrons. The van der Waals surface area contributed by atoms with Crippen molar-refractivity contribution in [3.05, 3.63) is 29.3 Å². The summed E-state index contributed by atoms with van der Waals surface area (Å²) < 4.78 is 31.7. The first-order chi connectivity index (χ1) is 7.58. The highest BCUT2D eigenvalue weighted by Gasteiger charge is 2.14. The van der Waals surface area contributed by atoms with Gasteiger partial charge in [-0.2, -0.15) is 0 Å². The summed E-state index contributed by atoms with van der Waals surface area (Å²) >= 11 is 0. The van der Waals surface area contributed by atoms with Crippen LogP contribution in [-0.2, 0) is 6.42 Å². The van der Waals surface area contributed by atoms with Crippen LogP contribution >= 0.6 is 0 Å². The molecule has 0 aliphatic carbocycles. The van der Waals surface area contributed by atoms with Gasteiger partial charge in [-0.05, 0) is 25.8 Å². The number of halogens is 2. The van der Waals surface area contributed by atoms with Gasteiger partial charge in [0.15, 0.2) is 11.6 Å². The van der Waals surface area contributed by atoms with E-state index < -0.39 is 11.6 Å². The van der Waals surface area contributed by atoms with Crippen LogP contribution in [0.15, 0.2) is 12.1 Å². The molecular weight excluding hydrogens is 212 g/mol. The van der Waals surface area contributed by atoms with E-state index >= 15 is 0 Å². The van der Waals surface area contributed by atoms with Gasteiger partial charge in [-0.1, -0.05) is 6.92 Å². The predicted octanol–water partition coefficient (Wildman–Crippen LogP) is 2.64. The quantitative estimate of drug-likeness (QED) is 0.842. The Hall–Kier alpha value is -1.16. The fraction of sp³-hybridized carbons (Fsp3) is 0.500. The Labute approximate surface area is 94.4 Å². The Morgan fingerprint density at radius 2 is 2.00 bits per heavy atom. The van der Waals surface area contributed by atoms with Gasteiger partial charge in [-0.25, -0.2) is 8.78 Å². The Bertz CT molecular complexity index is 355. The third kappa shape index (κ3) is 3.17. The van der Waals surface area contributed by atoms with E-state index in [9.17, 15) is 8.78 Å². The van der Waals surface area contributed by atoms with E-state index in [0.29, 0.717) is 18.6 Å². The van der Waals surface area contributed by atoms with Crippen molar-refractivity contribution in [1.82, 2.24) is 0 Å². The Morgan fingerprint density at radius 3 is 2.56 bits per heavy atom. The van der Waals surface area contributed by atoms with E-state index in [0.717, 1.165) is 12.5 Å². The average Bonchev–Trinajstić information content (AvgIpc) is 2.23. The summed E-state index contributed by atoms with van der Waals surface area (Å²) in [7, 11) is 0. The van der Waals surface area contributed by atoms with E-state index in [1.54, 1.807) is 6.92 Å². The summed E-state index contributed by atoms with van der Waals surface area (Å²) in [6, 6.07) is 2.00. The largest absolute Gasteiger partial charge is 0.491 e. The number of benzene rings is 1. The molecule has 0 amide bonds. The molecule has 90 valence electrons. The van der Waals surface area contributed by atoms with Gasteiger partial charge < -0.3 is 10.5 Å². The van der Waals surface area contributed by atoms with Crippen LogP contribution in [0.25, 0.3) is 0 Å². The van der Waals surface area contributed by atoms with Gasteiger partial charge >= 0.3 is 0 Å². The number of hydrogen-bond donors (Lipinski definition) is 1. The summed E-state index contributed by atoms with van der Waals surface area (Å²) in [6.45, 7) is 4.03. The number of rotatable bonds is 5. The molecule has 2 N–H and O–H groups in total. The van der Waals surface area contributed by atoms with Crippen molar-refractivity contribution in [2.45, 2.75) is 32.7 Å². The van der Waals surface area contributed by atoms with Crippen molar-refractivity contribution in [3.8, 4) is 5.75 Å². The topological polar surface area (TPSA) is 35.2 Å². The fourth-order valence-corrected chi connectivity index (χ4v) is 1.50. The Morgan fingerprint density at radius 1 is 1.31 bits per heavy atom.